The fourth-order valence-electron chi connectivity index (χ4n) is 1.02. The number of hydrogen-bond donors (Lipinski definition) is 0. The van der Waals surface area contributed by atoms with Crippen molar-refractivity contribution >= 4 is 45.0 Å². The van der Waals surface area contributed by atoms with Crippen molar-refractivity contribution in [1.82, 2.24) is 0 Å². The van der Waals surface area contributed by atoms with Crippen molar-refractivity contribution in [2.45, 2.75) is 15.8 Å². The van der Waals surface area contributed by atoms with Crippen LogP contribution in [-0.2, 0) is 5.04 Å². The quantitative estimate of drug-likeness (QED) is 0.533. The van der Waals surface area contributed by atoms with Gasteiger partial charge in [0.1, 0.15) is 0 Å². The lowest BCUT2D eigenvalue weighted by atomic mass is 10.0. The van der Waals surface area contributed by atoms with E-state index in [2.05, 4.69) is 0 Å². The average Bonchev–Trinajstić information content (AvgIpc) is 2.04. The Kier molecular flexibility index (Phi) is 3.34. The summed E-state index contributed by atoms with van der Waals surface area (Å²) in [7, 11) is 0.799. The molecule has 0 fully saturated rings. The summed E-state index contributed by atoms with van der Waals surface area (Å²) in [4.78, 5) is 0. The Morgan fingerprint density at radius 3 is 1.92 bits per heavy atom. The first-order chi connectivity index (χ1) is 5.86. The Morgan fingerprint density at radius 1 is 1.08 bits per heavy atom. The summed E-state index contributed by atoms with van der Waals surface area (Å²) in [6.45, 7) is 1.97. The molecule has 72 valence electrons. The van der Waals surface area contributed by atoms with Crippen LogP contribution in [0.15, 0.2) is 30.3 Å². The van der Waals surface area contributed by atoms with Gasteiger partial charge in [0.2, 0.25) is 0 Å². The van der Waals surface area contributed by atoms with Crippen LogP contribution >= 0.6 is 34.8 Å². The van der Waals surface area contributed by atoms with Crippen LogP contribution in [0.25, 0.3) is 0 Å². The van der Waals surface area contributed by atoms with Crippen LogP contribution in [-0.4, -0.2) is 14.0 Å². The Bertz CT molecular complexity index is 277. The Labute approximate surface area is 96.6 Å². The maximum Gasteiger partial charge on any atom is 0.196 e. The van der Waals surface area contributed by atoms with Crippen molar-refractivity contribution < 1.29 is 0 Å². The third-order valence-corrected chi connectivity index (χ3v) is 5.90. The molecule has 1 aromatic carbocycles. The molecule has 0 aliphatic carbocycles. The molecule has 0 amide bonds. The first kappa shape index (κ1) is 11.4. The van der Waals surface area contributed by atoms with Gasteiger partial charge in [-0.1, -0.05) is 72.1 Å². The third kappa shape index (κ3) is 2.41. The van der Waals surface area contributed by atoms with E-state index in [1.807, 2.05) is 37.3 Å². The molecule has 0 saturated carbocycles. The highest BCUT2D eigenvalue weighted by Crippen LogP contribution is 2.43. The number of halogens is 3. The lowest BCUT2D eigenvalue weighted by Gasteiger charge is -2.32. The number of alkyl halides is 3. The van der Waals surface area contributed by atoms with Crippen molar-refractivity contribution in [1.29, 1.82) is 0 Å². The van der Waals surface area contributed by atoms with E-state index >= 15 is 0 Å². The van der Waals surface area contributed by atoms with Crippen molar-refractivity contribution in [3.8, 4) is 0 Å². The minimum absolute atomic E-state index is 0.334. The summed E-state index contributed by atoms with van der Waals surface area (Å²) in [5.74, 6) is 0. The third-order valence-electron chi connectivity index (χ3n) is 2.20. The van der Waals surface area contributed by atoms with Crippen LogP contribution in [0.1, 0.15) is 12.5 Å². The molecule has 1 aromatic rings. The van der Waals surface area contributed by atoms with Crippen LogP contribution < -0.4 is 0 Å². The largest absolute Gasteiger partial charge is 0.196 e. The fraction of sp³-hybridized carbons (Fsp3) is 0.333. The molecular weight excluding hydrogens is 243 g/mol. The molecule has 0 heterocycles. The zero-order valence-corrected chi connectivity index (χ0v) is 11.8. The molecule has 0 aliphatic rings. The normalized spacial score (nSPS) is 16.9. The molecule has 1 rings (SSSR count). The lowest BCUT2D eigenvalue weighted by molar-refractivity contribution is 0.695. The fourth-order valence-corrected chi connectivity index (χ4v) is 1.68. The highest BCUT2D eigenvalue weighted by molar-refractivity contribution is 6.70. The van der Waals surface area contributed by atoms with E-state index in [9.17, 15) is 0 Å². The average molecular weight is 254 g/mol. The minimum Gasteiger partial charge on any atom is -0.0831 e. The van der Waals surface area contributed by atoms with Gasteiger partial charge in [-0.25, -0.2) is 0 Å². The second kappa shape index (κ2) is 3.82. The molecule has 0 saturated heterocycles. The maximum absolute atomic E-state index is 5.92. The molecular formula is C9H11Cl3Si. The van der Waals surface area contributed by atoms with Crippen LogP contribution in [0.5, 0.6) is 0 Å². The minimum atomic E-state index is -1.22. The Hall–Kier alpha value is 0.307. The second-order valence-corrected chi connectivity index (χ2v) is 7.77. The molecule has 0 N–H and O–H groups in total. The van der Waals surface area contributed by atoms with E-state index in [4.69, 9.17) is 34.8 Å². The van der Waals surface area contributed by atoms with Gasteiger partial charge in [0, 0.05) is 15.3 Å². The molecule has 4 heteroatoms. The van der Waals surface area contributed by atoms with Crippen molar-refractivity contribution in [2.24, 2.45) is 0 Å². The molecule has 0 aromatic heterocycles. The second-order valence-electron chi connectivity index (χ2n) is 3.49. The van der Waals surface area contributed by atoms with Gasteiger partial charge < -0.3 is 0 Å². The predicted molar refractivity (Wildman–Crippen MR) is 64.0 cm³/mol. The highest BCUT2D eigenvalue weighted by Gasteiger charge is 2.41. The molecule has 0 spiro atoms. The van der Waals surface area contributed by atoms with Crippen molar-refractivity contribution in [2.75, 3.05) is 0 Å². The Balaban J connectivity index is 3.08. The van der Waals surface area contributed by atoms with Gasteiger partial charge in [0.25, 0.3) is 0 Å². The summed E-state index contributed by atoms with van der Waals surface area (Å²) in [5, 5.41) is -0.334. The van der Waals surface area contributed by atoms with Crippen LogP contribution in [0, 0.1) is 0 Å². The highest BCUT2D eigenvalue weighted by atomic mass is 35.6. The van der Waals surface area contributed by atoms with E-state index in [1.165, 1.54) is 0 Å². The molecule has 1 atom stereocenters. The SMILES string of the molecule is CC([SiH3])(c1ccccc1)C(Cl)(Cl)Cl. The smallest absolute Gasteiger partial charge is 0.0831 e. The number of benzene rings is 1. The molecule has 0 aliphatic heterocycles. The van der Waals surface area contributed by atoms with E-state index in [-0.39, 0.29) is 5.04 Å². The molecule has 0 radical (unpaired) electrons. The number of hydrogen-bond acceptors (Lipinski definition) is 0. The van der Waals surface area contributed by atoms with Crippen LogP contribution in [0.3, 0.4) is 0 Å². The van der Waals surface area contributed by atoms with Gasteiger partial charge in [-0.15, -0.1) is 0 Å². The van der Waals surface area contributed by atoms with Crippen molar-refractivity contribution in [3.63, 3.8) is 0 Å². The summed E-state index contributed by atoms with van der Waals surface area (Å²) in [6.07, 6.45) is 0. The van der Waals surface area contributed by atoms with Gasteiger partial charge in [0.05, 0.1) is 0 Å². The van der Waals surface area contributed by atoms with Crippen LogP contribution in [0.2, 0.25) is 0 Å². The van der Waals surface area contributed by atoms with Gasteiger partial charge in [0.15, 0.2) is 3.79 Å². The molecule has 13 heavy (non-hydrogen) atoms. The lowest BCUT2D eigenvalue weighted by Crippen LogP contribution is -2.37. The maximum atomic E-state index is 5.92. The monoisotopic (exact) mass is 252 g/mol. The van der Waals surface area contributed by atoms with Gasteiger partial charge in [-0.2, -0.15) is 0 Å². The van der Waals surface area contributed by atoms with Gasteiger partial charge in [-0.05, 0) is 5.56 Å². The van der Waals surface area contributed by atoms with E-state index < -0.39 is 3.79 Å². The molecule has 0 nitrogen and oxygen atoms in total. The van der Waals surface area contributed by atoms with E-state index in [0.717, 1.165) is 15.8 Å². The van der Waals surface area contributed by atoms with Gasteiger partial charge >= 0.3 is 0 Å². The summed E-state index contributed by atoms with van der Waals surface area (Å²) in [5.41, 5.74) is 1.08. The molecule has 0 bridgehead atoms. The summed E-state index contributed by atoms with van der Waals surface area (Å²) >= 11 is 17.8. The summed E-state index contributed by atoms with van der Waals surface area (Å²) in [6, 6.07) is 9.87. The van der Waals surface area contributed by atoms with Crippen molar-refractivity contribution in [3.05, 3.63) is 35.9 Å². The number of rotatable bonds is 1. The van der Waals surface area contributed by atoms with Crippen LogP contribution in [0.4, 0.5) is 0 Å². The molecule has 1 unspecified atom stereocenters. The first-order valence-corrected chi connectivity index (χ1v) is 6.11. The Morgan fingerprint density at radius 2 is 1.54 bits per heavy atom. The zero-order valence-electron chi connectivity index (χ0n) is 7.52. The topological polar surface area (TPSA) is 0 Å². The predicted octanol–water partition coefficient (Wildman–Crippen LogP) is 2.64. The standard InChI is InChI=1S/C9H11Cl3Si/c1-8(13,9(10,11)12)7-5-3-2-4-6-7/h2-6H,1,13H3. The zero-order chi connectivity index (χ0) is 10.1. The van der Waals surface area contributed by atoms with Gasteiger partial charge in [-0.3, -0.25) is 0 Å². The summed E-state index contributed by atoms with van der Waals surface area (Å²) < 4.78 is -1.22. The first-order valence-electron chi connectivity index (χ1n) is 3.98. The van der Waals surface area contributed by atoms with E-state index in [0.29, 0.717) is 0 Å². The van der Waals surface area contributed by atoms with E-state index in [1.54, 1.807) is 0 Å².